The van der Waals surface area contributed by atoms with Crippen LogP contribution in [0.3, 0.4) is 0 Å². The SMILES string of the molecule is CCN(c1ccc(F)cc1)c1cc(C(C)NC)ccn1. The first kappa shape index (κ1) is 14.5. The number of hydrogen-bond acceptors (Lipinski definition) is 3. The Balaban J connectivity index is 2.34. The van der Waals surface area contributed by atoms with E-state index in [0.717, 1.165) is 18.1 Å². The molecule has 0 spiro atoms. The molecule has 0 aliphatic heterocycles. The number of aromatic nitrogens is 1. The molecule has 1 N–H and O–H groups in total. The summed E-state index contributed by atoms with van der Waals surface area (Å²) < 4.78 is 13.0. The van der Waals surface area contributed by atoms with Gasteiger partial charge in [0.25, 0.3) is 0 Å². The molecule has 0 saturated heterocycles. The molecule has 1 unspecified atom stereocenters. The lowest BCUT2D eigenvalue weighted by atomic mass is 10.1. The zero-order valence-electron chi connectivity index (χ0n) is 12.1. The molecule has 3 nitrogen and oxygen atoms in total. The molecule has 1 heterocycles. The second kappa shape index (κ2) is 6.48. The van der Waals surface area contributed by atoms with Gasteiger partial charge >= 0.3 is 0 Å². The fourth-order valence-corrected chi connectivity index (χ4v) is 2.12. The quantitative estimate of drug-likeness (QED) is 0.901. The molecular weight excluding hydrogens is 253 g/mol. The van der Waals surface area contributed by atoms with Gasteiger partial charge in [-0.25, -0.2) is 9.37 Å². The first-order valence-electron chi connectivity index (χ1n) is 6.82. The highest BCUT2D eigenvalue weighted by molar-refractivity contribution is 5.60. The maximum absolute atomic E-state index is 13.0. The van der Waals surface area contributed by atoms with E-state index in [-0.39, 0.29) is 11.9 Å². The van der Waals surface area contributed by atoms with Crippen LogP contribution in [-0.2, 0) is 0 Å². The molecular formula is C16H20FN3. The molecule has 2 aromatic rings. The van der Waals surface area contributed by atoms with E-state index in [1.54, 1.807) is 12.1 Å². The number of hydrogen-bond donors (Lipinski definition) is 1. The van der Waals surface area contributed by atoms with Crippen LogP contribution in [-0.4, -0.2) is 18.6 Å². The van der Waals surface area contributed by atoms with Crippen LogP contribution in [0.25, 0.3) is 0 Å². The van der Waals surface area contributed by atoms with Crippen LogP contribution in [0.1, 0.15) is 25.5 Å². The normalized spacial score (nSPS) is 12.2. The average molecular weight is 273 g/mol. The summed E-state index contributed by atoms with van der Waals surface area (Å²) >= 11 is 0. The molecule has 1 aromatic carbocycles. The topological polar surface area (TPSA) is 28.2 Å². The Bertz CT molecular complexity index is 554. The Kier molecular flexibility index (Phi) is 4.69. The molecule has 0 aliphatic rings. The predicted molar refractivity (Wildman–Crippen MR) is 80.8 cm³/mol. The molecule has 0 amide bonds. The van der Waals surface area contributed by atoms with Gasteiger partial charge in [-0.05, 0) is 62.9 Å². The minimum Gasteiger partial charge on any atom is -0.327 e. The van der Waals surface area contributed by atoms with Crippen molar-refractivity contribution < 1.29 is 4.39 Å². The molecule has 0 radical (unpaired) electrons. The van der Waals surface area contributed by atoms with Crippen molar-refractivity contribution in [2.75, 3.05) is 18.5 Å². The number of benzene rings is 1. The highest BCUT2D eigenvalue weighted by Gasteiger charge is 2.11. The molecule has 0 aliphatic carbocycles. The van der Waals surface area contributed by atoms with Gasteiger partial charge in [0, 0.05) is 24.5 Å². The Morgan fingerprint density at radius 2 is 1.95 bits per heavy atom. The van der Waals surface area contributed by atoms with Crippen LogP contribution in [0, 0.1) is 5.82 Å². The lowest BCUT2D eigenvalue weighted by Gasteiger charge is -2.23. The summed E-state index contributed by atoms with van der Waals surface area (Å²) in [5.41, 5.74) is 2.12. The van der Waals surface area contributed by atoms with Gasteiger partial charge in [-0.1, -0.05) is 0 Å². The highest BCUT2D eigenvalue weighted by Crippen LogP contribution is 2.25. The van der Waals surface area contributed by atoms with E-state index < -0.39 is 0 Å². The lowest BCUT2D eigenvalue weighted by Crippen LogP contribution is -2.19. The van der Waals surface area contributed by atoms with Crippen molar-refractivity contribution in [2.24, 2.45) is 0 Å². The fraction of sp³-hybridized carbons (Fsp3) is 0.312. The van der Waals surface area contributed by atoms with Crippen molar-refractivity contribution in [3.8, 4) is 0 Å². The Hall–Kier alpha value is -1.94. The lowest BCUT2D eigenvalue weighted by molar-refractivity contribution is 0.627. The minimum absolute atomic E-state index is 0.227. The third-order valence-electron chi connectivity index (χ3n) is 3.43. The van der Waals surface area contributed by atoms with E-state index in [1.165, 1.54) is 17.7 Å². The fourth-order valence-electron chi connectivity index (χ4n) is 2.12. The number of nitrogens with zero attached hydrogens (tertiary/aromatic N) is 2. The van der Waals surface area contributed by atoms with E-state index in [4.69, 9.17) is 0 Å². The Morgan fingerprint density at radius 1 is 1.25 bits per heavy atom. The summed E-state index contributed by atoms with van der Waals surface area (Å²) in [4.78, 5) is 6.49. The summed E-state index contributed by atoms with van der Waals surface area (Å²) in [5, 5.41) is 3.22. The number of nitrogens with one attached hydrogen (secondary N) is 1. The predicted octanol–water partition coefficient (Wildman–Crippen LogP) is 3.66. The van der Waals surface area contributed by atoms with Crippen LogP contribution < -0.4 is 10.2 Å². The van der Waals surface area contributed by atoms with Crippen molar-refractivity contribution in [2.45, 2.75) is 19.9 Å². The number of anilines is 2. The molecule has 0 saturated carbocycles. The van der Waals surface area contributed by atoms with Crippen molar-refractivity contribution in [1.82, 2.24) is 10.3 Å². The maximum atomic E-state index is 13.0. The second-order valence-electron chi connectivity index (χ2n) is 4.68. The van der Waals surface area contributed by atoms with E-state index in [0.29, 0.717) is 0 Å². The zero-order chi connectivity index (χ0) is 14.5. The molecule has 106 valence electrons. The number of rotatable bonds is 5. The van der Waals surface area contributed by atoms with Crippen LogP contribution in [0.15, 0.2) is 42.6 Å². The van der Waals surface area contributed by atoms with Crippen LogP contribution in [0.2, 0.25) is 0 Å². The molecule has 2 rings (SSSR count). The van der Waals surface area contributed by atoms with Crippen LogP contribution in [0.5, 0.6) is 0 Å². The van der Waals surface area contributed by atoms with Gasteiger partial charge in [0.05, 0.1) is 0 Å². The van der Waals surface area contributed by atoms with Crippen molar-refractivity contribution >= 4 is 11.5 Å². The van der Waals surface area contributed by atoms with Gasteiger partial charge in [-0.15, -0.1) is 0 Å². The third-order valence-corrected chi connectivity index (χ3v) is 3.43. The molecule has 0 bridgehead atoms. The summed E-state index contributed by atoms with van der Waals surface area (Å²) in [6.07, 6.45) is 1.81. The van der Waals surface area contributed by atoms with Gasteiger partial charge in [0.2, 0.25) is 0 Å². The second-order valence-corrected chi connectivity index (χ2v) is 4.68. The first-order valence-corrected chi connectivity index (χ1v) is 6.82. The van der Waals surface area contributed by atoms with Crippen molar-refractivity contribution in [3.63, 3.8) is 0 Å². The monoisotopic (exact) mass is 273 g/mol. The molecule has 20 heavy (non-hydrogen) atoms. The molecule has 4 heteroatoms. The van der Waals surface area contributed by atoms with Gasteiger partial charge in [-0.3, -0.25) is 0 Å². The van der Waals surface area contributed by atoms with Crippen molar-refractivity contribution in [1.29, 1.82) is 0 Å². The summed E-state index contributed by atoms with van der Waals surface area (Å²) in [5.74, 6) is 0.647. The molecule has 1 aromatic heterocycles. The summed E-state index contributed by atoms with van der Waals surface area (Å²) in [7, 11) is 1.93. The first-order chi connectivity index (χ1) is 9.65. The van der Waals surface area contributed by atoms with Crippen LogP contribution >= 0.6 is 0 Å². The molecule has 1 atom stereocenters. The van der Waals surface area contributed by atoms with Gasteiger partial charge in [-0.2, -0.15) is 0 Å². The minimum atomic E-state index is -0.227. The van der Waals surface area contributed by atoms with Gasteiger partial charge < -0.3 is 10.2 Å². The third kappa shape index (κ3) is 3.14. The van der Waals surface area contributed by atoms with Gasteiger partial charge in [0.1, 0.15) is 11.6 Å². The highest BCUT2D eigenvalue weighted by atomic mass is 19.1. The summed E-state index contributed by atoms with van der Waals surface area (Å²) in [6.45, 7) is 4.93. The standard InChI is InChI=1S/C16H20FN3/c1-4-20(15-7-5-14(17)6-8-15)16-11-13(9-10-19-16)12(2)18-3/h5-12,18H,4H2,1-3H3. The maximum Gasteiger partial charge on any atom is 0.133 e. The van der Waals surface area contributed by atoms with E-state index in [1.807, 2.05) is 19.3 Å². The van der Waals surface area contributed by atoms with Gasteiger partial charge in [0.15, 0.2) is 0 Å². The van der Waals surface area contributed by atoms with E-state index in [2.05, 4.69) is 35.1 Å². The zero-order valence-corrected chi connectivity index (χ0v) is 12.1. The average Bonchev–Trinajstić information content (AvgIpc) is 2.49. The number of halogens is 1. The largest absolute Gasteiger partial charge is 0.327 e. The van der Waals surface area contributed by atoms with E-state index in [9.17, 15) is 4.39 Å². The Morgan fingerprint density at radius 3 is 2.55 bits per heavy atom. The smallest absolute Gasteiger partial charge is 0.133 e. The summed E-state index contributed by atoms with van der Waals surface area (Å²) in [6, 6.07) is 10.8. The molecule has 0 fully saturated rings. The van der Waals surface area contributed by atoms with E-state index >= 15 is 0 Å². The Labute approximate surface area is 119 Å². The van der Waals surface area contributed by atoms with Crippen LogP contribution in [0.4, 0.5) is 15.9 Å². The number of pyridine rings is 1. The van der Waals surface area contributed by atoms with Crippen molar-refractivity contribution in [3.05, 3.63) is 54.0 Å².